The summed E-state index contributed by atoms with van der Waals surface area (Å²) in [4.78, 5) is 0. The maximum atomic E-state index is 5.08. The molecule has 1 unspecified atom stereocenters. The first-order chi connectivity index (χ1) is 6.81. The third-order valence-electron chi connectivity index (χ3n) is 3.02. The molecule has 80 valence electrons. The Labute approximate surface area is 86.7 Å². The van der Waals surface area contributed by atoms with Gasteiger partial charge in [-0.25, -0.2) is 0 Å². The van der Waals surface area contributed by atoms with E-state index < -0.39 is 0 Å². The number of nitrogens with one attached hydrogen (secondary N) is 1. The van der Waals surface area contributed by atoms with E-state index in [1.165, 1.54) is 18.4 Å². The van der Waals surface area contributed by atoms with Gasteiger partial charge in [0, 0.05) is 6.04 Å². The fraction of sp³-hybridized carbons (Fsp3) is 0.667. The molecule has 2 nitrogen and oxygen atoms in total. The summed E-state index contributed by atoms with van der Waals surface area (Å²) in [5, 5.41) is 3.40. The molecule has 14 heavy (non-hydrogen) atoms. The Morgan fingerprint density at radius 3 is 2.50 bits per heavy atom. The third kappa shape index (κ3) is 2.88. The van der Waals surface area contributed by atoms with Crippen LogP contribution in [0.3, 0.4) is 0 Å². The van der Waals surface area contributed by atoms with E-state index in [9.17, 15) is 0 Å². The van der Waals surface area contributed by atoms with Crippen LogP contribution in [-0.4, -0.2) is 13.1 Å². The monoisotopic (exact) mass is 195 g/mol. The van der Waals surface area contributed by atoms with Gasteiger partial charge in [-0.15, -0.1) is 0 Å². The predicted octanol–water partition coefficient (Wildman–Crippen LogP) is 2.85. The fourth-order valence-electron chi connectivity index (χ4n) is 2.02. The minimum absolute atomic E-state index is 0.572. The van der Waals surface area contributed by atoms with Crippen molar-refractivity contribution < 1.29 is 4.42 Å². The minimum Gasteiger partial charge on any atom is -0.472 e. The average molecular weight is 195 g/mol. The van der Waals surface area contributed by atoms with Gasteiger partial charge in [-0.1, -0.05) is 26.7 Å². The molecule has 1 atom stereocenters. The van der Waals surface area contributed by atoms with Crippen LogP contribution in [0.4, 0.5) is 0 Å². The van der Waals surface area contributed by atoms with Crippen molar-refractivity contribution in [3.63, 3.8) is 0 Å². The second-order valence-electron chi connectivity index (χ2n) is 3.81. The van der Waals surface area contributed by atoms with Crippen LogP contribution < -0.4 is 5.32 Å². The van der Waals surface area contributed by atoms with Gasteiger partial charge in [0.15, 0.2) is 0 Å². The van der Waals surface area contributed by atoms with Gasteiger partial charge in [-0.2, -0.15) is 0 Å². The molecule has 1 heterocycles. The number of hydrogen-bond acceptors (Lipinski definition) is 2. The van der Waals surface area contributed by atoms with E-state index in [1.54, 1.807) is 6.26 Å². The molecule has 0 spiro atoms. The normalized spacial score (nSPS) is 13.4. The van der Waals surface area contributed by atoms with Gasteiger partial charge < -0.3 is 9.73 Å². The summed E-state index contributed by atoms with van der Waals surface area (Å²) in [6, 6.07) is 2.62. The largest absolute Gasteiger partial charge is 0.472 e. The summed E-state index contributed by atoms with van der Waals surface area (Å²) in [5.41, 5.74) is 1.29. The molecule has 0 aromatic carbocycles. The van der Waals surface area contributed by atoms with Crippen LogP contribution >= 0.6 is 0 Å². The van der Waals surface area contributed by atoms with Gasteiger partial charge in [0.25, 0.3) is 0 Å². The summed E-state index contributed by atoms with van der Waals surface area (Å²) in [6.07, 6.45) is 7.13. The number of furan rings is 1. The van der Waals surface area contributed by atoms with Crippen LogP contribution in [0.1, 0.15) is 32.3 Å². The highest BCUT2D eigenvalue weighted by molar-refractivity contribution is 5.07. The van der Waals surface area contributed by atoms with Crippen molar-refractivity contribution in [1.29, 1.82) is 0 Å². The lowest BCUT2D eigenvalue weighted by Crippen LogP contribution is -2.34. The Kier molecular flexibility index (Phi) is 4.74. The molecule has 0 aliphatic carbocycles. The minimum atomic E-state index is 0.572. The molecule has 2 heteroatoms. The molecule has 0 amide bonds. The molecule has 0 aliphatic rings. The summed E-state index contributed by atoms with van der Waals surface area (Å²) < 4.78 is 5.08. The molecular formula is C12H21NO. The first-order valence-corrected chi connectivity index (χ1v) is 5.50. The lowest BCUT2D eigenvalue weighted by atomic mass is 9.90. The van der Waals surface area contributed by atoms with Crippen LogP contribution in [-0.2, 0) is 6.42 Å². The van der Waals surface area contributed by atoms with Gasteiger partial charge >= 0.3 is 0 Å². The van der Waals surface area contributed by atoms with E-state index in [1.807, 2.05) is 19.4 Å². The lowest BCUT2D eigenvalue weighted by molar-refractivity contribution is 0.348. The van der Waals surface area contributed by atoms with Crippen molar-refractivity contribution in [2.75, 3.05) is 7.05 Å². The SMILES string of the molecule is CCC(CC)C(Cc1ccoc1)NC. The Balaban J connectivity index is 2.53. The summed E-state index contributed by atoms with van der Waals surface area (Å²) in [7, 11) is 2.04. The molecule has 0 bridgehead atoms. The van der Waals surface area contributed by atoms with Crippen LogP contribution in [0, 0.1) is 5.92 Å². The molecular weight excluding hydrogens is 174 g/mol. The van der Waals surface area contributed by atoms with Gasteiger partial charge in [0.05, 0.1) is 12.5 Å². The van der Waals surface area contributed by atoms with E-state index in [4.69, 9.17) is 4.42 Å². The Hall–Kier alpha value is -0.760. The standard InChI is InChI=1S/C12H21NO/c1-4-11(5-2)12(13-3)8-10-6-7-14-9-10/h6-7,9,11-13H,4-5,8H2,1-3H3. The van der Waals surface area contributed by atoms with Crippen molar-refractivity contribution in [3.05, 3.63) is 24.2 Å². The van der Waals surface area contributed by atoms with Gasteiger partial charge in [-0.05, 0) is 31.0 Å². The topological polar surface area (TPSA) is 25.2 Å². The van der Waals surface area contributed by atoms with Crippen molar-refractivity contribution in [2.24, 2.45) is 5.92 Å². The van der Waals surface area contributed by atoms with E-state index >= 15 is 0 Å². The maximum absolute atomic E-state index is 5.08. The highest BCUT2D eigenvalue weighted by Crippen LogP contribution is 2.17. The Bertz CT molecular complexity index is 226. The molecule has 0 saturated carbocycles. The van der Waals surface area contributed by atoms with Crippen molar-refractivity contribution in [2.45, 2.75) is 39.2 Å². The second-order valence-corrected chi connectivity index (χ2v) is 3.81. The van der Waals surface area contributed by atoms with Crippen LogP contribution in [0.5, 0.6) is 0 Å². The van der Waals surface area contributed by atoms with Crippen molar-refractivity contribution in [1.82, 2.24) is 5.32 Å². The zero-order valence-electron chi connectivity index (χ0n) is 9.42. The molecule has 1 aromatic heterocycles. The molecule has 1 N–H and O–H groups in total. The van der Waals surface area contributed by atoms with Crippen molar-refractivity contribution in [3.8, 4) is 0 Å². The van der Waals surface area contributed by atoms with E-state index in [0.717, 1.165) is 12.3 Å². The zero-order valence-corrected chi connectivity index (χ0v) is 9.42. The Morgan fingerprint density at radius 1 is 1.36 bits per heavy atom. The first-order valence-electron chi connectivity index (χ1n) is 5.50. The zero-order chi connectivity index (χ0) is 10.4. The quantitative estimate of drug-likeness (QED) is 0.755. The lowest BCUT2D eigenvalue weighted by Gasteiger charge is -2.24. The van der Waals surface area contributed by atoms with Gasteiger partial charge in [-0.3, -0.25) is 0 Å². The molecule has 1 aromatic rings. The predicted molar refractivity (Wildman–Crippen MR) is 59.3 cm³/mol. The van der Waals surface area contributed by atoms with E-state index in [0.29, 0.717) is 6.04 Å². The molecule has 0 saturated heterocycles. The summed E-state index contributed by atoms with van der Waals surface area (Å²) >= 11 is 0. The second kappa shape index (κ2) is 5.86. The molecule has 1 rings (SSSR count). The summed E-state index contributed by atoms with van der Waals surface area (Å²) in [5.74, 6) is 0.759. The molecule has 0 fully saturated rings. The highest BCUT2D eigenvalue weighted by Gasteiger charge is 2.17. The number of hydrogen-bond donors (Lipinski definition) is 1. The molecule has 0 radical (unpaired) electrons. The van der Waals surface area contributed by atoms with Crippen LogP contribution in [0.15, 0.2) is 23.0 Å². The van der Waals surface area contributed by atoms with Gasteiger partial charge in [0.1, 0.15) is 0 Å². The van der Waals surface area contributed by atoms with Crippen molar-refractivity contribution >= 4 is 0 Å². The first kappa shape index (κ1) is 11.3. The third-order valence-corrected chi connectivity index (χ3v) is 3.02. The van der Waals surface area contributed by atoms with E-state index in [2.05, 4.69) is 19.2 Å². The average Bonchev–Trinajstić information content (AvgIpc) is 2.70. The van der Waals surface area contributed by atoms with Gasteiger partial charge in [0.2, 0.25) is 0 Å². The summed E-state index contributed by atoms with van der Waals surface area (Å²) in [6.45, 7) is 4.52. The number of rotatable bonds is 6. The molecule has 0 aliphatic heterocycles. The highest BCUT2D eigenvalue weighted by atomic mass is 16.3. The van der Waals surface area contributed by atoms with Crippen LogP contribution in [0.2, 0.25) is 0 Å². The number of likely N-dealkylation sites (N-methyl/N-ethyl adjacent to an activating group) is 1. The van der Waals surface area contributed by atoms with E-state index in [-0.39, 0.29) is 0 Å². The fourth-order valence-corrected chi connectivity index (χ4v) is 2.02. The smallest absolute Gasteiger partial charge is 0.0935 e. The van der Waals surface area contributed by atoms with Crippen LogP contribution in [0.25, 0.3) is 0 Å². The Morgan fingerprint density at radius 2 is 2.07 bits per heavy atom. The maximum Gasteiger partial charge on any atom is 0.0935 e.